The molecule has 17 heavy (non-hydrogen) atoms. The number of nitrogen functional groups attached to an aromatic ring is 1. The van der Waals surface area contributed by atoms with Gasteiger partial charge in [-0.05, 0) is 18.6 Å². The highest BCUT2D eigenvalue weighted by atomic mass is 19.4. The zero-order chi connectivity index (χ0) is 12.6. The van der Waals surface area contributed by atoms with Gasteiger partial charge in [-0.1, -0.05) is 12.1 Å². The predicted octanol–water partition coefficient (Wildman–Crippen LogP) is 2.88. The minimum atomic E-state index is -4.19. The molecule has 0 atom stereocenters. The summed E-state index contributed by atoms with van der Waals surface area (Å²) in [6, 6.07) is 5.37. The first kappa shape index (κ1) is 11.8. The number of benzene rings is 1. The van der Waals surface area contributed by atoms with E-state index in [1.165, 1.54) is 4.57 Å². The number of aryl methyl sites for hydroxylation is 2. The molecule has 2 rings (SSSR count). The minimum absolute atomic E-state index is 0.124. The lowest BCUT2D eigenvalue weighted by atomic mass is 10.2. The Morgan fingerprint density at radius 3 is 2.71 bits per heavy atom. The van der Waals surface area contributed by atoms with Crippen molar-refractivity contribution in [3.05, 3.63) is 23.8 Å². The van der Waals surface area contributed by atoms with Crippen molar-refractivity contribution in [3.63, 3.8) is 0 Å². The molecule has 0 aliphatic rings. The molecule has 0 saturated heterocycles. The van der Waals surface area contributed by atoms with Gasteiger partial charge in [-0.2, -0.15) is 13.2 Å². The molecule has 0 saturated carbocycles. The number of halogens is 3. The fourth-order valence-electron chi connectivity index (χ4n) is 1.85. The Kier molecular flexibility index (Phi) is 2.73. The summed E-state index contributed by atoms with van der Waals surface area (Å²) in [5.74, 6) is 0.124. The fourth-order valence-corrected chi connectivity index (χ4v) is 1.85. The standard InChI is InChI=1S/C11H12F3N3/c1-7-3-2-4-8-9(7)17(10(15)16-8)6-5-11(12,13)14/h2-4H,5-6H2,1H3,(H2,15,16). The first-order valence-electron chi connectivity index (χ1n) is 5.16. The number of hydrogen-bond donors (Lipinski definition) is 1. The van der Waals surface area contributed by atoms with Crippen LogP contribution in [0.5, 0.6) is 0 Å². The summed E-state index contributed by atoms with van der Waals surface area (Å²) in [6.07, 6.45) is -5.09. The van der Waals surface area contributed by atoms with E-state index in [9.17, 15) is 13.2 Å². The summed E-state index contributed by atoms with van der Waals surface area (Å²) in [4.78, 5) is 4.05. The number of nitrogens with two attached hydrogens (primary N) is 1. The van der Waals surface area contributed by atoms with Gasteiger partial charge in [0.15, 0.2) is 0 Å². The third-order valence-electron chi connectivity index (χ3n) is 2.62. The van der Waals surface area contributed by atoms with Crippen LogP contribution in [-0.4, -0.2) is 15.7 Å². The van der Waals surface area contributed by atoms with Gasteiger partial charge in [-0.3, -0.25) is 0 Å². The average Bonchev–Trinajstić information content (AvgIpc) is 2.51. The summed E-state index contributed by atoms with van der Waals surface area (Å²) in [5, 5.41) is 0. The maximum Gasteiger partial charge on any atom is 0.390 e. The molecule has 0 unspecified atom stereocenters. The highest BCUT2D eigenvalue weighted by Gasteiger charge is 2.27. The third kappa shape index (κ3) is 2.35. The average molecular weight is 243 g/mol. The van der Waals surface area contributed by atoms with Crippen molar-refractivity contribution in [3.8, 4) is 0 Å². The van der Waals surface area contributed by atoms with Gasteiger partial charge in [0.05, 0.1) is 17.5 Å². The van der Waals surface area contributed by atoms with Gasteiger partial charge in [0.1, 0.15) is 0 Å². The van der Waals surface area contributed by atoms with Gasteiger partial charge in [-0.15, -0.1) is 0 Å². The number of fused-ring (bicyclic) bond motifs is 1. The molecule has 0 bridgehead atoms. The third-order valence-corrected chi connectivity index (χ3v) is 2.62. The number of anilines is 1. The Morgan fingerprint density at radius 2 is 2.06 bits per heavy atom. The summed E-state index contributed by atoms with van der Waals surface area (Å²) in [7, 11) is 0. The van der Waals surface area contributed by atoms with Crippen LogP contribution in [0.25, 0.3) is 11.0 Å². The van der Waals surface area contributed by atoms with Gasteiger partial charge in [0.25, 0.3) is 0 Å². The maximum absolute atomic E-state index is 12.2. The van der Waals surface area contributed by atoms with Crippen molar-refractivity contribution in [2.45, 2.75) is 26.1 Å². The molecule has 0 fully saturated rings. The molecule has 0 spiro atoms. The quantitative estimate of drug-likeness (QED) is 0.881. The molecule has 2 aromatic rings. The number of alkyl halides is 3. The second kappa shape index (κ2) is 3.94. The first-order chi connectivity index (χ1) is 7.88. The van der Waals surface area contributed by atoms with Crippen LogP contribution < -0.4 is 5.73 Å². The summed E-state index contributed by atoms with van der Waals surface area (Å²) in [5.41, 5.74) is 7.81. The van der Waals surface area contributed by atoms with Crippen LogP contribution in [0, 0.1) is 6.92 Å². The van der Waals surface area contributed by atoms with Crippen LogP contribution in [0.1, 0.15) is 12.0 Å². The van der Waals surface area contributed by atoms with E-state index in [2.05, 4.69) is 4.98 Å². The highest BCUT2D eigenvalue weighted by molar-refractivity contribution is 5.81. The number of aromatic nitrogens is 2. The molecule has 6 heteroatoms. The summed E-state index contributed by atoms with van der Waals surface area (Å²) < 4.78 is 38.0. The van der Waals surface area contributed by atoms with E-state index in [1.807, 2.05) is 13.0 Å². The Hall–Kier alpha value is -1.72. The van der Waals surface area contributed by atoms with E-state index in [0.717, 1.165) is 5.56 Å². The van der Waals surface area contributed by atoms with E-state index in [1.54, 1.807) is 12.1 Å². The Morgan fingerprint density at radius 1 is 1.35 bits per heavy atom. The lowest BCUT2D eigenvalue weighted by molar-refractivity contribution is -0.136. The topological polar surface area (TPSA) is 43.8 Å². The molecule has 1 aromatic carbocycles. The Balaban J connectivity index is 2.42. The largest absolute Gasteiger partial charge is 0.390 e. The van der Waals surface area contributed by atoms with E-state index >= 15 is 0 Å². The van der Waals surface area contributed by atoms with Crippen LogP contribution in [0.4, 0.5) is 19.1 Å². The van der Waals surface area contributed by atoms with Crippen LogP contribution in [0.3, 0.4) is 0 Å². The molecule has 92 valence electrons. The van der Waals surface area contributed by atoms with Gasteiger partial charge in [-0.25, -0.2) is 4.98 Å². The number of para-hydroxylation sites is 1. The second-order valence-corrected chi connectivity index (χ2v) is 3.93. The number of nitrogens with zero attached hydrogens (tertiary/aromatic N) is 2. The lowest BCUT2D eigenvalue weighted by Gasteiger charge is -2.10. The number of hydrogen-bond acceptors (Lipinski definition) is 2. The molecule has 0 radical (unpaired) electrons. The van der Waals surface area contributed by atoms with Crippen molar-refractivity contribution in [1.29, 1.82) is 0 Å². The van der Waals surface area contributed by atoms with Crippen LogP contribution >= 0.6 is 0 Å². The fraction of sp³-hybridized carbons (Fsp3) is 0.364. The lowest BCUT2D eigenvalue weighted by Crippen LogP contribution is -2.13. The second-order valence-electron chi connectivity index (χ2n) is 3.93. The van der Waals surface area contributed by atoms with Gasteiger partial charge < -0.3 is 10.3 Å². The van der Waals surface area contributed by atoms with Crippen LogP contribution in [-0.2, 0) is 6.54 Å². The zero-order valence-corrected chi connectivity index (χ0v) is 9.25. The molecule has 1 heterocycles. The van der Waals surface area contributed by atoms with Crippen molar-refractivity contribution >= 4 is 17.0 Å². The van der Waals surface area contributed by atoms with Crippen molar-refractivity contribution in [2.75, 3.05) is 5.73 Å². The molecule has 0 aliphatic carbocycles. The van der Waals surface area contributed by atoms with E-state index in [4.69, 9.17) is 5.73 Å². The van der Waals surface area contributed by atoms with E-state index < -0.39 is 12.6 Å². The van der Waals surface area contributed by atoms with E-state index in [-0.39, 0.29) is 12.5 Å². The molecular weight excluding hydrogens is 231 g/mol. The van der Waals surface area contributed by atoms with Crippen molar-refractivity contribution < 1.29 is 13.2 Å². The summed E-state index contributed by atoms with van der Waals surface area (Å²) >= 11 is 0. The molecule has 3 nitrogen and oxygen atoms in total. The monoisotopic (exact) mass is 243 g/mol. The molecule has 0 aliphatic heterocycles. The highest BCUT2D eigenvalue weighted by Crippen LogP contribution is 2.25. The summed E-state index contributed by atoms with van der Waals surface area (Å²) in [6.45, 7) is 1.63. The zero-order valence-electron chi connectivity index (χ0n) is 9.25. The minimum Gasteiger partial charge on any atom is -0.369 e. The Bertz CT molecular complexity index is 543. The Labute approximate surface area is 96.0 Å². The molecular formula is C11H12F3N3. The van der Waals surface area contributed by atoms with Gasteiger partial charge >= 0.3 is 6.18 Å². The maximum atomic E-state index is 12.2. The molecule has 1 aromatic heterocycles. The van der Waals surface area contributed by atoms with Crippen LogP contribution in [0.2, 0.25) is 0 Å². The molecule has 2 N–H and O–H groups in total. The van der Waals surface area contributed by atoms with Crippen molar-refractivity contribution in [1.82, 2.24) is 9.55 Å². The van der Waals surface area contributed by atoms with Crippen molar-refractivity contribution in [2.24, 2.45) is 0 Å². The molecule has 0 amide bonds. The smallest absolute Gasteiger partial charge is 0.369 e. The van der Waals surface area contributed by atoms with Gasteiger partial charge in [0.2, 0.25) is 5.95 Å². The number of rotatable bonds is 2. The normalized spacial score (nSPS) is 12.2. The van der Waals surface area contributed by atoms with E-state index in [0.29, 0.717) is 11.0 Å². The SMILES string of the molecule is Cc1cccc2nc(N)n(CCC(F)(F)F)c12. The van der Waals surface area contributed by atoms with Gasteiger partial charge in [0, 0.05) is 6.54 Å². The predicted molar refractivity (Wildman–Crippen MR) is 59.6 cm³/mol. The first-order valence-corrected chi connectivity index (χ1v) is 5.16. The number of imidazole rings is 1. The van der Waals surface area contributed by atoms with Crippen LogP contribution in [0.15, 0.2) is 18.2 Å².